The van der Waals surface area contributed by atoms with Gasteiger partial charge in [0.15, 0.2) is 5.75 Å². The summed E-state index contributed by atoms with van der Waals surface area (Å²) in [7, 11) is -1.16. The maximum Gasteiger partial charge on any atom is 0.272 e. The van der Waals surface area contributed by atoms with Crippen LogP contribution in [0, 0.1) is 0 Å². The van der Waals surface area contributed by atoms with E-state index in [0.717, 1.165) is 10.0 Å². The van der Waals surface area contributed by atoms with Crippen LogP contribution in [0.2, 0.25) is 15.1 Å². The van der Waals surface area contributed by atoms with Gasteiger partial charge in [-0.05, 0) is 50.5 Å². The van der Waals surface area contributed by atoms with E-state index < -0.39 is 26.9 Å². The Morgan fingerprint density at radius 3 is 2.33 bits per heavy atom. The van der Waals surface area contributed by atoms with Crippen LogP contribution in [-0.2, 0) is 10.0 Å². The van der Waals surface area contributed by atoms with Crippen LogP contribution in [-0.4, -0.2) is 41.6 Å². The number of aromatic nitrogens is 1. The van der Waals surface area contributed by atoms with Crippen molar-refractivity contribution in [1.82, 2.24) is 8.87 Å². The standard InChI is InChI=1S/C17H15Cl3N2O4S/c1-21(2)17(24)14-6-9-5-10(18)3-4-13(9)22(14)27(25,26)15-8-11(19)7-12(20)16(15)23/h3-8,17,23-24H,1-2H3. The summed E-state index contributed by atoms with van der Waals surface area (Å²) in [6.07, 6.45) is -1.23. The Morgan fingerprint density at radius 2 is 1.70 bits per heavy atom. The summed E-state index contributed by atoms with van der Waals surface area (Å²) in [6.45, 7) is 0. The van der Waals surface area contributed by atoms with Gasteiger partial charge in [0.1, 0.15) is 11.1 Å². The Kier molecular flexibility index (Phi) is 5.37. The van der Waals surface area contributed by atoms with Gasteiger partial charge in [-0.15, -0.1) is 0 Å². The molecule has 3 rings (SSSR count). The fraction of sp³-hybridized carbons (Fsp3) is 0.176. The van der Waals surface area contributed by atoms with Crippen molar-refractivity contribution in [3.8, 4) is 5.75 Å². The molecule has 0 saturated carbocycles. The van der Waals surface area contributed by atoms with Gasteiger partial charge in [0.25, 0.3) is 10.0 Å². The summed E-state index contributed by atoms with van der Waals surface area (Å²) < 4.78 is 27.7. The Morgan fingerprint density at radius 1 is 1.04 bits per heavy atom. The summed E-state index contributed by atoms with van der Waals surface area (Å²) in [5, 5.41) is 21.5. The molecule has 144 valence electrons. The van der Waals surface area contributed by atoms with Crippen LogP contribution in [0.5, 0.6) is 5.75 Å². The number of phenolic OH excluding ortho intramolecular Hbond substituents is 1. The van der Waals surface area contributed by atoms with Crippen molar-refractivity contribution < 1.29 is 18.6 Å². The molecule has 1 atom stereocenters. The van der Waals surface area contributed by atoms with Gasteiger partial charge in [-0.2, -0.15) is 0 Å². The monoisotopic (exact) mass is 448 g/mol. The van der Waals surface area contributed by atoms with Gasteiger partial charge in [-0.25, -0.2) is 12.4 Å². The SMILES string of the molecule is CN(C)C(O)c1cc2cc(Cl)ccc2n1S(=O)(=O)c1cc(Cl)cc(Cl)c1O. The highest BCUT2D eigenvalue weighted by Crippen LogP contribution is 2.38. The van der Waals surface area contributed by atoms with E-state index in [2.05, 4.69) is 0 Å². The fourth-order valence-electron chi connectivity index (χ4n) is 2.73. The summed E-state index contributed by atoms with van der Waals surface area (Å²) in [5.74, 6) is -0.623. The number of halogens is 3. The zero-order chi connectivity index (χ0) is 20.1. The first-order valence-corrected chi connectivity index (χ1v) is 10.2. The van der Waals surface area contributed by atoms with Crippen molar-refractivity contribution in [1.29, 1.82) is 0 Å². The van der Waals surface area contributed by atoms with Gasteiger partial charge in [0.2, 0.25) is 0 Å². The van der Waals surface area contributed by atoms with Crippen molar-refractivity contribution in [2.24, 2.45) is 0 Å². The lowest BCUT2D eigenvalue weighted by Gasteiger charge is -2.21. The molecule has 1 heterocycles. The van der Waals surface area contributed by atoms with E-state index in [1.807, 2.05) is 0 Å². The van der Waals surface area contributed by atoms with Crippen molar-refractivity contribution in [2.45, 2.75) is 11.1 Å². The molecule has 0 aliphatic carbocycles. The van der Waals surface area contributed by atoms with Gasteiger partial charge in [0.05, 0.1) is 16.2 Å². The number of phenols is 1. The number of rotatable bonds is 4. The zero-order valence-electron chi connectivity index (χ0n) is 14.2. The average Bonchev–Trinajstić information content (AvgIpc) is 2.96. The minimum atomic E-state index is -4.35. The molecule has 0 radical (unpaired) electrons. The normalized spacial score (nSPS) is 13.4. The first kappa shape index (κ1) is 20.3. The quantitative estimate of drug-likeness (QED) is 0.586. The minimum absolute atomic E-state index is 0.0468. The summed E-state index contributed by atoms with van der Waals surface area (Å²) >= 11 is 17.8. The predicted molar refractivity (Wildman–Crippen MR) is 106 cm³/mol. The number of aliphatic hydroxyl groups excluding tert-OH is 1. The molecule has 2 aromatic carbocycles. The number of benzene rings is 2. The molecule has 2 N–H and O–H groups in total. The highest BCUT2D eigenvalue weighted by molar-refractivity contribution is 7.90. The fourth-order valence-corrected chi connectivity index (χ4v) is 5.20. The second kappa shape index (κ2) is 7.16. The summed E-state index contributed by atoms with van der Waals surface area (Å²) in [6, 6.07) is 8.50. The first-order valence-electron chi connectivity index (χ1n) is 7.63. The lowest BCUT2D eigenvalue weighted by molar-refractivity contribution is 0.0354. The van der Waals surface area contributed by atoms with E-state index in [1.165, 1.54) is 29.2 Å². The van der Waals surface area contributed by atoms with E-state index in [0.29, 0.717) is 10.4 Å². The smallest absolute Gasteiger partial charge is 0.272 e. The van der Waals surface area contributed by atoms with E-state index in [-0.39, 0.29) is 21.3 Å². The number of hydrogen-bond acceptors (Lipinski definition) is 5. The van der Waals surface area contributed by atoms with Crippen LogP contribution in [0.25, 0.3) is 10.9 Å². The van der Waals surface area contributed by atoms with Crippen molar-refractivity contribution in [3.05, 3.63) is 57.2 Å². The maximum atomic E-state index is 13.4. The van der Waals surface area contributed by atoms with Crippen LogP contribution in [0.3, 0.4) is 0 Å². The van der Waals surface area contributed by atoms with Crippen molar-refractivity contribution >= 4 is 55.7 Å². The van der Waals surface area contributed by atoms with Gasteiger partial charge in [-0.3, -0.25) is 4.90 Å². The molecule has 27 heavy (non-hydrogen) atoms. The van der Waals surface area contributed by atoms with E-state index in [1.54, 1.807) is 20.2 Å². The minimum Gasteiger partial charge on any atom is -0.505 e. The number of aromatic hydroxyl groups is 1. The van der Waals surface area contributed by atoms with Crippen molar-refractivity contribution in [3.63, 3.8) is 0 Å². The van der Waals surface area contributed by atoms with E-state index in [4.69, 9.17) is 34.8 Å². The molecule has 0 fully saturated rings. The topological polar surface area (TPSA) is 82.8 Å². The Labute approximate surface area is 171 Å². The molecule has 10 heteroatoms. The van der Waals surface area contributed by atoms with Gasteiger partial charge in [0, 0.05) is 15.4 Å². The third-order valence-corrected chi connectivity index (χ3v) is 6.51. The van der Waals surface area contributed by atoms with E-state index >= 15 is 0 Å². The molecular weight excluding hydrogens is 435 g/mol. The second-order valence-electron chi connectivity index (χ2n) is 6.11. The van der Waals surface area contributed by atoms with Gasteiger partial charge in [-0.1, -0.05) is 34.8 Å². The second-order valence-corrected chi connectivity index (χ2v) is 9.15. The lowest BCUT2D eigenvalue weighted by atomic mass is 10.2. The Bertz CT molecular complexity index is 1140. The molecule has 1 aromatic heterocycles. The molecule has 0 amide bonds. The molecule has 0 aliphatic rings. The van der Waals surface area contributed by atoms with Crippen LogP contribution >= 0.6 is 34.8 Å². The van der Waals surface area contributed by atoms with Crippen LogP contribution < -0.4 is 0 Å². The third-order valence-electron chi connectivity index (χ3n) is 4.01. The summed E-state index contributed by atoms with van der Waals surface area (Å²) in [4.78, 5) is 0.965. The molecule has 0 bridgehead atoms. The molecule has 0 saturated heterocycles. The Hall–Kier alpha value is -1.48. The van der Waals surface area contributed by atoms with Crippen LogP contribution in [0.15, 0.2) is 41.3 Å². The van der Waals surface area contributed by atoms with Crippen LogP contribution in [0.1, 0.15) is 11.9 Å². The van der Waals surface area contributed by atoms with Crippen molar-refractivity contribution in [2.75, 3.05) is 14.1 Å². The van der Waals surface area contributed by atoms with Gasteiger partial charge < -0.3 is 10.2 Å². The molecule has 3 aromatic rings. The number of fused-ring (bicyclic) bond motifs is 1. The van der Waals surface area contributed by atoms with Crippen LogP contribution in [0.4, 0.5) is 0 Å². The molecule has 0 spiro atoms. The number of aliphatic hydroxyl groups is 1. The Balaban J connectivity index is 2.40. The third kappa shape index (κ3) is 3.51. The zero-order valence-corrected chi connectivity index (χ0v) is 17.3. The molecule has 6 nitrogen and oxygen atoms in total. The highest BCUT2D eigenvalue weighted by Gasteiger charge is 2.30. The largest absolute Gasteiger partial charge is 0.505 e. The summed E-state index contributed by atoms with van der Waals surface area (Å²) in [5.41, 5.74) is 0.360. The highest BCUT2D eigenvalue weighted by atomic mass is 35.5. The average molecular weight is 450 g/mol. The lowest BCUT2D eigenvalue weighted by Crippen LogP contribution is -2.25. The number of hydrogen-bond donors (Lipinski definition) is 2. The molecule has 0 aliphatic heterocycles. The van der Waals surface area contributed by atoms with Gasteiger partial charge >= 0.3 is 0 Å². The molecule has 1 unspecified atom stereocenters. The molecular formula is C17H15Cl3N2O4S. The first-order chi connectivity index (χ1) is 12.5. The maximum absolute atomic E-state index is 13.4. The van der Waals surface area contributed by atoms with E-state index in [9.17, 15) is 18.6 Å². The predicted octanol–water partition coefficient (Wildman–Crippen LogP) is 4.10. The number of nitrogens with zero attached hydrogens (tertiary/aromatic N) is 2.